The number of benzene rings is 2. The molecule has 1 aromatic heterocycles. The predicted octanol–water partition coefficient (Wildman–Crippen LogP) is 3.20. The molecule has 0 aliphatic rings. The van der Waals surface area contributed by atoms with Gasteiger partial charge in [-0.15, -0.1) is 0 Å². The summed E-state index contributed by atoms with van der Waals surface area (Å²) in [7, 11) is -0.605. The number of sulfonamides is 1. The van der Waals surface area contributed by atoms with Crippen molar-refractivity contribution in [2.75, 3.05) is 11.8 Å². The van der Waals surface area contributed by atoms with Crippen molar-refractivity contribution < 1.29 is 13.2 Å². The van der Waals surface area contributed by atoms with Gasteiger partial charge in [0.05, 0.1) is 24.7 Å². The Morgan fingerprint density at radius 3 is 2.52 bits per heavy atom. The Balaban J connectivity index is 2.05. The lowest BCUT2D eigenvalue weighted by Gasteiger charge is -2.13. The Bertz CT molecular complexity index is 996. The standard InChI is InChI=1S/C18H19N3O3S/c1-13-9-10-16(24-3)17(11-13)25(22,23)20-15-12-19-21(2)18(15)14-7-5-4-6-8-14/h4-12,20H,1-3H3. The molecule has 0 radical (unpaired) electrons. The molecule has 0 atom stereocenters. The maximum Gasteiger partial charge on any atom is 0.265 e. The number of aromatic nitrogens is 2. The summed E-state index contributed by atoms with van der Waals surface area (Å²) < 4.78 is 35.3. The van der Waals surface area contributed by atoms with E-state index >= 15 is 0 Å². The van der Waals surface area contributed by atoms with Crippen LogP contribution in [-0.4, -0.2) is 25.3 Å². The topological polar surface area (TPSA) is 73.2 Å². The largest absolute Gasteiger partial charge is 0.495 e. The van der Waals surface area contributed by atoms with E-state index in [1.807, 2.05) is 37.3 Å². The summed E-state index contributed by atoms with van der Waals surface area (Å²) in [5.74, 6) is 0.295. The predicted molar refractivity (Wildman–Crippen MR) is 97.2 cm³/mol. The van der Waals surface area contributed by atoms with Crippen LogP contribution in [0.1, 0.15) is 5.56 Å². The molecule has 1 heterocycles. The molecule has 3 rings (SSSR count). The normalized spacial score (nSPS) is 11.3. The molecule has 0 unspecified atom stereocenters. The van der Waals surface area contributed by atoms with E-state index < -0.39 is 10.0 Å². The zero-order chi connectivity index (χ0) is 18.0. The van der Waals surface area contributed by atoms with Crippen LogP contribution in [0, 0.1) is 6.92 Å². The molecule has 0 bridgehead atoms. The van der Waals surface area contributed by atoms with Crippen LogP contribution in [0.4, 0.5) is 5.69 Å². The lowest BCUT2D eigenvalue weighted by Crippen LogP contribution is -2.14. The lowest BCUT2D eigenvalue weighted by molar-refractivity contribution is 0.402. The summed E-state index contributed by atoms with van der Waals surface area (Å²) in [6.45, 7) is 1.83. The number of nitrogens with zero attached hydrogens (tertiary/aromatic N) is 2. The minimum atomic E-state index is -3.82. The van der Waals surface area contributed by atoms with Crippen molar-refractivity contribution in [3.8, 4) is 17.0 Å². The number of hydrogen-bond donors (Lipinski definition) is 1. The van der Waals surface area contributed by atoms with Gasteiger partial charge in [0.2, 0.25) is 0 Å². The molecule has 25 heavy (non-hydrogen) atoms. The monoisotopic (exact) mass is 357 g/mol. The van der Waals surface area contributed by atoms with Crippen molar-refractivity contribution in [3.63, 3.8) is 0 Å². The van der Waals surface area contributed by atoms with E-state index in [1.54, 1.807) is 29.9 Å². The van der Waals surface area contributed by atoms with E-state index in [0.29, 0.717) is 17.1 Å². The van der Waals surface area contributed by atoms with E-state index in [9.17, 15) is 8.42 Å². The number of aryl methyl sites for hydroxylation is 2. The van der Waals surface area contributed by atoms with Crippen LogP contribution in [0.3, 0.4) is 0 Å². The summed E-state index contributed by atoms with van der Waals surface area (Å²) in [6, 6.07) is 14.5. The van der Waals surface area contributed by atoms with Gasteiger partial charge in [-0.2, -0.15) is 5.10 Å². The first-order chi connectivity index (χ1) is 11.9. The second-order valence-electron chi connectivity index (χ2n) is 5.66. The molecule has 0 saturated heterocycles. The summed E-state index contributed by atoms with van der Waals surface area (Å²) >= 11 is 0. The number of anilines is 1. The highest BCUT2D eigenvalue weighted by Gasteiger charge is 2.23. The molecule has 0 amide bonds. The van der Waals surface area contributed by atoms with Crippen molar-refractivity contribution in [1.82, 2.24) is 9.78 Å². The van der Waals surface area contributed by atoms with Gasteiger partial charge < -0.3 is 4.74 Å². The van der Waals surface area contributed by atoms with Gasteiger partial charge in [-0.3, -0.25) is 9.40 Å². The molecule has 6 nitrogen and oxygen atoms in total. The highest BCUT2D eigenvalue weighted by molar-refractivity contribution is 7.92. The molecule has 1 N–H and O–H groups in total. The van der Waals surface area contributed by atoms with Gasteiger partial charge in [0.25, 0.3) is 10.0 Å². The van der Waals surface area contributed by atoms with E-state index in [0.717, 1.165) is 11.1 Å². The van der Waals surface area contributed by atoms with Crippen molar-refractivity contribution in [1.29, 1.82) is 0 Å². The van der Waals surface area contributed by atoms with Gasteiger partial charge in [-0.25, -0.2) is 8.42 Å². The summed E-state index contributed by atoms with van der Waals surface area (Å²) in [5.41, 5.74) is 2.81. The zero-order valence-electron chi connectivity index (χ0n) is 14.2. The second-order valence-corrected chi connectivity index (χ2v) is 7.31. The molecule has 2 aromatic carbocycles. The smallest absolute Gasteiger partial charge is 0.265 e. The Hall–Kier alpha value is -2.80. The van der Waals surface area contributed by atoms with Crippen molar-refractivity contribution >= 4 is 15.7 Å². The van der Waals surface area contributed by atoms with Crippen LogP contribution in [0.25, 0.3) is 11.3 Å². The number of methoxy groups -OCH3 is 1. The quantitative estimate of drug-likeness (QED) is 0.761. The molecular formula is C18H19N3O3S. The van der Waals surface area contributed by atoms with E-state index in [2.05, 4.69) is 9.82 Å². The average molecular weight is 357 g/mol. The zero-order valence-corrected chi connectivity index (χ0v) is 15.0. The van der Waals surface area contributed by atoms with E-state index in [-0.39, 0.29) is 4.90 Å². The second kappa shape index (κ2) is 6.60. The van der Waals surface area contributed by atoms with Gasteiger partial charge in [0, 0.05) is 12.6 Å². The van der Waals surface area contributed by atoms with Crippen molar-refractivity contribution in [3.05, 3.63) is 60.3 Å². The van der Waals surface area contributed by atoms with Crippen molar-refractivity contribution in [2.45, 2.75) is 11.8 Å². The number of ether oxygens (including phenoxy) is 1. The minimum Gasteiger partial charge on any atom is -0.495 e. The van der Waals surface area contributed by atoms with Gasteiger partial charge in [0.1, 0.15) is 10.6 Å². The highest BCUT2D eigenvalue weighted by atomic mass is 32.2. The van der Waals surface area contributed by atoms with E-state index in [1.165, 1.54) is 13.3 Å². The molecular weight excluding hydrogens is 338 g/mol. The molecule has 130 valence electrons. The number of hydrogen-bond acceptors (Lipinski definition) is 4. The maximum absolute atomic E-state index is 12.9. The third-order valence-electron chi connectivity index (χ3n) is 3.84. The molecule has 0 spiro atoms. The molecule has 0 fully saturated rings. The summed E-state index contributed by atoms with van der Waals surface area (Å²) in [5, 5.41) is 4.19. The van der Waals surface area contributed by atoms with Crippen molar-refractivity contribution in [2.24, 2.45) is 7.05 Å². The fourth-order valence-corrected chi connectivity index (χ4v) is 3.95. The van der Waals surface area contributed by atoms with Crippen LogP contribution in [0.5, 0.6) is 5.75 Å². The van der Waals surface area contributed by atoms with Gasteiger partial charge in [0.15, 0.2) is 0 Å². The highest BCUT2D eigenvalue weighted by Crippen LogP contribution is 2.31. The minimum absolute atomic E-state index is 0.0952. The third kappa shape index (κ3) is 3.36. The first-order valence-corrected chi connectivity index (χ1v) is 9.15. The third-order valence-corrected chi connectivity index (χ3v) is 5.23. The molecule has 3 aromatic rings. The molecule has 0 saturated carbocycles. The first kappa shape index (κ1) is 17.0. The number of rotatable bonds is 5. The first-order valence-electron chi connectivity index (χ1n) is 7.67. The molecule has 7 heteroatoms. The summed E-state index contributed by atoms with van der Waals surface area (Å²) in [6.07, 6.45) is 1.50. The van der Waals surface area contributed by atoms with Crippen LogP contribution < -0.4 is 9.46 Å². The van der Waals surface area contributed by atoms with Crippen LogP contribution >= 0.6 is 0 Å². The van der Waals surface area contributed by atoms with E-state index in [4.69, 9.17) is 4.74 Å². The van der Waals surface area contributed by atoms with Crippen LogP contribution in [-0.2, 0) is 17.1 Å². The Kier molecular flexibility index (Phi) is 4.50. The maximum atomic E-state index is 12.9. The fourth-order valence-electron chi connectivity index (χ4n) is 2.64. The molecule has 0 aliphatic heterocycles. The van der Waals surface area contributed by atoms with Gasteiger partial charge >= 0.3 is 0 Å². The molecule has 0 aliphatic carbocycles. The van der Waals surface area contributed by atoms with Gasteiger partial charge in [-0.05, 0) is 24.6 Å². The lowest BCUT2D eigenvalue weighted by atomic mass is 10.1. The van der Waals surface area contributed by atoms with Gasteiger partial charge in [-0.1, -0.05) is 36.4 Å². The van der Waals surface area contributed by atoms with Crippen LogP contribution in [0.15, 0.2) is 59.6 Å². The Labute approximate surface area is 147 Å². The Morgan fingerprint density at radius 1 is 1.12 bits per heavy atom. The average Bonchev–Trinajstić information content (AvgIpc) is 2.95. The van der Waals surface area contributed by atoms with Crippen LogP contribution in [0.2, 0.25) is 0 Å². The SMILES string of the molecule is COc1ccc(C)cc1S(=O)(=O)Nc1cnn(C)c1-c1ccccc1. The summed E-state index contributed by atoms with van der Waals surface area (Å²) in [4.78, 5) is 0.0952. The number of nitrogens with one attached hydrogen (secondary N) is 1. The fraction of sp³-hybridized carbons (Fsp3) is 0.167. The Morgan fingerprint density at radius 2 is 1.84 bits per heavy atom.